The van der Waals surface area contributed by atoms with Gasteiger partial charge in [-0.2, -0.15) is 0 Å². The van der Waals surface area contributed by atoms with E-state index in [0.29, 0.717) is 0 Å². The van der Waals surface area contributed by atoms with Gasteiger partial charge in [0.1, 0.15) is 6.61 Å². The second kappa shape index (κ2) is 7.25. The molecule has 0 heterocycles. The monoisotopic (exact) mass is 266 g/mol. The number of nitrogens with zero attached hydrogens (tertiary/aromatic N) is 1. The van der Waals surface area contributed by atoms with Gasteiger partial charge in [0.05, 0.1) is 6.42 Å². The average molecular weight is 266 g/mol. The standard InChI is InChI=1S/C13H18N2O4/c1-15(2)11-5-3-10(4-6-11)9-19-13(18)14-8-7-12(16)17/h3-6H,7-9H2,1-2H3,(H,14,18)(H,16,17). The van der Waals surface area contributed by atoms with Crippen LogP contribution in [-0.4, -0.2) is 37.8 Å². The number of carboxylic acid groups (broad SMARTS) is 1. The second-order valence-corrected chi connectivity index (χ2v) is 4.21. The molecule has 1 amide bonds. The second-order valence-electron chi connectivity index (χ2n) is 4.21. The Balaban J connectivity index is 2.31. The molecule has 0 saturated carbocycles. The number of alkyl carbamates (subject to hydrolysis) is 1. The summed E-state index contributed by atoms with van der Waals surface area (Å²) in [6, 6.07) is 7.61. The maximum Gasteiger partial charge on any atom is 0.407 e. The number of rotatable bonds is 6. The van der Waals surface area contributed by atoms with E-state index in [2.05, 4.69) is 5.32 Å². The molecule has 0 unspecified atom stereocenters. The minimum atomic E-state index is -0.959. The predicted molar refractivity (Wildman–Crippen MR) is 71.2 cm³/mol. The molecule has 0 bridgehead atoms. The Kier molecular flexibility index (Phi) is 5.66. The third-order valence-electron chi connectivity index (χ3n) is 2.43. The van der Waals surface area contributed by atoms with Crippen molar-refractivity contribution in [2.45, 2.75) is 13.0 Å². The van der Waals surface area contributed by atoms with Gasteiger partial charge in [-0.25, -0.2) is 4.79 Å². The number of hydrogen-bond donors (Lipinski definition) is 2. The molecule has 0 radical (unpaired) electrons. The van der Waals surface area contributed by atoms with Crippen LogP contribution in [0.5, 0.6) is 0 Å². The van der Waals surface area contributed by atoms with Crippen molar-refractivity contribution in [2.24, 2.45) is 0 Å². The zero-order valence-electron chi connectivity index (χ0n) is 11.0. The number of benzene rings is 1. The SMILES string of the molecule is CN(C)c1ccc(COC(=O)NCCC(=O)O)cc1. The highest BCUT2D eigenvalue weighted by Gasteiger charge is 2.04. The first-order valence-electron chi connectivity index (χ1n) is 5.87. The van der Waals surface area contributed by atoms with Gasteiger partial charge in [0.2, 0.25) is 0 Å². The highest BCUT2D eigenvalue weighted by atomic mass is 16.5. The third kappa shape index (κ3) is 5.76. The minimum absolute atomic E-state index is 0.0632. The molecule has 104 valence electrons. The number of ether oxygens (including phenoxy) is 1. The summed E-state index contributed by atoms with van der Waals surface area (Å²) < 4.78 is 4.95. The molecule has 1 aromatic rings. The molecule has 2 N–H and O–H groups in total. The van der Waals surface area contributed by atoms with E-state index in [0.717, 1.165) is 11.3 Å². The maximum atomic E-state index is 11.2. The highest BCUT2D eigenvalue weighted by Crippen LogP contribution is 2.12. The van der Waals surface area contributed by atoms with Gasteiger partial charge in [0, 0.05) is 26.3 Å². The number of hydrogen-bond acceptors (Lipinski definition) is 4. The lowest BCUT2D eigenvalue weighted by molar-refractivity contribution is -0.136. The number of amides is 1. The van der Waals surface area contributed by atoms with E-state index in [4.69, 9.17) is 9.84 Å². The summed E-state index contributed by atoms with van der Waals surface area (Å²) >= 11 is 0. The van der Waals surface area contributed by atoms with E-state index in [1.54, 1.807) is 0 Å². The van der Waals surface area contributed by atoms with Crippen LogP contribution in [0.3, 0.4) is 0 Å². The fraction of sp³-hybridized carbons (Fsp3) is 0.385. The van der Waals surface area contributed by atoms with E-state index in [1.807, 2.05) is 43.3 Å². The Morgan fingerprint density at radius 3 is 2.42 bits per heavy atom. The molecule has 0 aliphatic heterocycles. The molecule has 6 nitrogen and oxygen atoms in total. The van der Waals surface area contributed by atoms with Crippen LogP contribution in [0.2, 0.25) is 0 Å². The zero-order chi connectivity index (χ0) is 14.3. The van der Waals surface area contributed by atoms with Crippen LogP contribution in [0, 0.1) is 0 Å². The molecule has 1 rings (SSSR count). The van der Waals surface area contributed by atoms with E-state index in [-0.39, 0.29) is 19.6 Å². The zero-order valence-corrected chi connectivity index (χ0v) is 11.0. The normalized spacial score (nSPS) is 9.79. The smallest absolute Gasteiger partial charge is 0.407 e. The molecule has 0 saturated heterocycles. The molecule has 0 aliphatic rings. The lowest BCUT2D eigenvalue weighted by Gasteiger charge is -2.12. The number of carbonyl (C=O) groups is 2. The van der Waals surface area contributed by atoms with Crippen LogP contribution in [0.4, 0.5) is 10.5 Å². The minimum Gasteiger partial charge on any atom is -0.481 e. The molecule has 0 aromatic heterocycles. The van der Waals surface area contributed by atoms with Crippen LogP contribution in [0.25, 0.3) is 0 Å². The summed E-state index contributed by atoms with van der Waals surface area (Å²) in [6.07, 6.45) is -0.731. The van der Waals surface area contributed by atoms with Gasteiger partial charge in [-0.1, -0.05) is 12.1 Å². The maximum absolute atomic E-state index is 11.2. The summed E-state index contributed by atoms with van der Waals surface area (Å²) in [7, 11) is 3.89. The quantitative estimate of drug-likeness (QED) is 0.814. The van der Waals surface area contributed by atoms with Crippen molar-refractivity contribution in [2.75, 3.05) is 25.5 Å². The van der Waals surface area contributed by atoms with Crippen molar-refractivity contribution in [1.82, 2.24) is 5.32 Å². The highest BCUT2D eigenvalue weighted by molar-refractivity contribution is 5.70. The van der Waals surface area contributed by atoms with Crippen molar-refractivity contribution in [3.63, 3.8) is 0 Å². The van der Waals surface area contributed by atoms with E-state index < -0.39 is 12.1 Å². The first kappa shape index (κ1) is 14.8. The summed E-state index contributed by atoms with van der Waals surface area (Å²) in [5.74, 6) is -0.959. The van der Waals surface area contributed by atoms with Crippen LogP contribution >= 0.6 is 0 Å². The number of carbonyl (C=O) groups excluding carboxylic acids is 1. The number of anilines is 1. The van der Waals surface area contributed by atoms with Gasteiger partial charge in [-0.05, 0) is 17.7 Å². The fourth-order valence-corrected chi connectivity index (χ4v) is 1.36. The lowest BCUT2D eigenvalue weighted by atomic mass is 10.2. The Labute approximate surface area is 112 Å². The first-order valence-corrected chi connectivity index (χ1v) is 5.87. The summed E-state index contributed by atoms with van der Waals surface area (Å²) in [5, 5.41) is 10.8. The summed E-state index contributed by atoms with van der Waals surface area (Å²) in [6.45, 7) is 0.223. The summed E-state index contributed by atoms with van der Waals surface area (Å²) in [4.78, 5) is 23.5. The van der Waals surface area contributed by atoms with Gasteiger partial charge in [0.25, 0.3) is 0 Å². The fourth-order valence-electron chi connectivity index (χ4n) is 1.36. The molecule has 0 fully saturated rings. The number of aliphatic carboxylic acids is 1. The Morgan fingerprint density at radius 2 is 1.89 bits per heavy atom. The van der Waals surface area contributed by atoms with Crippen LogP contribution < -0.4 is 10.2 Å². The van der Waals surface area contributed by atoms with Crippen LogP contribution in [0.15, 0.2) is 24.3 Å². The molecule has 19 heavy (non-hydrogen) atoms. The van der Waals surface area contributed by atoms with Crippen molar-refractivity contribution in [1.29, 1.82) is 0 Å². The van der Waals surface area contributed by atoms with Crippen molar-refractivity contribution in [3.05, 3.63) is 29.8 Å². The Morgan fingerprint density at radius 1 is 1.26 bits per heavy atom. The van der Waals surface area contributed by atoms with E-state index in [1.165, 1.54) is 0 Å². The van der Waals surface area contributed by atoms with E-state index >= 15 is 0 Å². The molecular weight excluding hydrogens is 248 g/mol. The van der Waals surface area contributed by atoms with E-state index in [9.17, 15) is 9.59 Å². The largest absolute Gasteiger partial charge is 0.481 e. The molecule has 0 aliphatic carbocycles. The summed E-state index contributed by atoms with van der Waals surface area (Å²) in [5.41, 5.74) is 1.94. The third-order valence-corrected chi connectivity index (χ3v) is 2.43. The van der Waals surface area contributed by atoms with Gasteiger partial charge in [-0.3, -0.25) is 4.79 Å². The molecule has 0 spiro atoms. The molecule has 0 atom stereocenters. The Hall–Kier alpha value is -2.24. The lowest BCUT2D eigenvalue weighted by Crippen LogP contribution is -2.26. The van der Waals surface area contributed by atoms with Gasteiger partial charge >= 0.3 is 12.1 Å². The van der Waals surface area contributed by atoms with Gasteiger partial charge in [0.15, 0.2) is 0 Å². The van der Waals surface area contributed by atoms with Crippen molar-refractivity contribution < 1.29 is 19.4 Å². The van der Waals surface area contributed by atoms with Crippen LogP contribution in [0.1, 0.15) is 12.0 Å². The first-order chi connectivity index (χ1) is 8.99. The van der Waals surface area contributed by atoms with Crippen molar-refractivity contribution in [3.8, 4) is 0 Å². The Bertz CT molecular complexity index is 429. The molecule has 1 aromatic carbocycles. The van der Waals surface area contributed by atoms with Gasteiger partial charge < -0.3 is 20.1 Å². The molecular formula is C13H18N2O4. The average Bonchev–Trinajstić information content (AvgIpc) is 2.36. The van der Waals surface area contributed by atoms with Gasteiger partial charge in [-0.15, -0.1) is 0 Å². The molecule has 6 heteroatoms. The van der Waals surface area contributed by atoms with Crippen LogP contribution in [-0.2, 0) is 16.1 Å². The van der Waals surface area contributed by atoms with Crippen molar-refractivity contribution >= 4 is 17.7 Å². The topological polar surface area (TPSA) is 78.9 Å². The predicted octanol–water partition coefficient (Wildman–Crippen LogP) is 1.45. The number of nitrogens with one attached hydrogen (secondary N) is 1. The number of carboxylic acids is 1.